The number of carbonyl (C=O) groups is 1. The summed E-state index contributed by atoms with van der Waals surface area (Å²) in [5.74, 6) is 1.18. The van der Waals surface area contributed by atoms with Crippen LogP contribution in [0.1, 0.15) is 32.1 Å². The number of fused-ring (bicyclic) bond motifs is 1. The lowest BCUT2D eigenvalue weighted by atomic mass is 10.0. The van der Waals surface area contributed by atoms with Gasteiger partial charge in [-0.3, -0.25) is 9.59 Å². The molecule has 1 aromatic carbocycles. The van der Waals surface area contributed by atoms with Crippen molar-refractivity contribution in [1.29, 1.82) is 0 Å². The van der Waals surface area contributed by atoms with Crippen LogP contribution in [0.15, 0.2) is 34.4 Å². The number of benzene rings is 1. The summed E-state index contributed by atoms with van der Waals surface area (Å²) in [5, 5.41) is 5.87. The number of nitrogens with one attached hydrogen (secondary N) is 2. The van der Waals surface area contributed by atoms with Gasteiger partial charge < -0.3 is 15.0 Å². The topological polar surface area (TPSA) is 84.1 Å². The van der Waals surface area contributed by atoms with Crippen molar-refractivity contribution in [2.75, 3.05) is 12.4 Å². The Morgan fingerprint density at radius 1 is 1.33 bits per heavy atom. The number of nitrogens with zero attached hydrogens (tertiary/aromatic N) is 1. The Hall–Kier alpha value is -2.67. The highest BCUT2D eigenvalue weighted by Crippen LogP contribution is 2.29. The number of aromatic amines is 1. The molecule has 2 N–H and O–H groups in total. The molecule has 7 heteroatoms. The van der Waals surface area contributed by atoms with Crippen LogP contribution in [0.5, 0.6) is 5.75 Å². The number of H-pyrrole nitrogens is 1. The number of methoxy groups -OCH3 is 1. The summed E-state index contributed by atoms with van der Waals surface area (Å²) < 4.78 is 5.23. The summed E-state index contributed by atoms with van der Waals surface area (Å²) in [6.07, 6.45) is 5.27. The number of carbonyl (C=O) groups excluding carboxylic acids is 1. The first kappa shape index (κ1) is 17.7. The lowest BCUT2D eigenvalue weighted by molar-refractivity contribution is -0.117. The van der Waals surface area contributed by atoms with Crippen molar-refractivity contribution in [2.24, 2.45) is 5.92 Å². The minimum absolute atomic E-state index is 0.0135. The molecule has 3 aromatic rings. The first-order valence-corrected chi connectivity index (χ1v) is 9.97. The van der Waals surface area contributed by atoms with E-state index in [0.29, 0.717) is 45.5 Å². The maximum Gasteiger partial charge on any atom is 0.226 e. The maximum atomic E-state index is 12.4. The van der Waals surface area contributed by atoms with E-state index in [1.54, 1.807) is 25.3 Å². The zero-order valence-corrected chi connectivity index (χ0v) is 15.9. The van der Waals surface area contributed by atoms with Crippen LogP contribution >= 0.6 is 11.3 Å². The third-order valence-electron chi connectivity index (χ3n) is 5.01. The maximum absolute atomic E-state index is 12.4. The van der Waals surface area contributed by atoms with Crippen LogP contribution in [0.2, 0.25) is 0 Å². The number of amides is 1. The van der Waals surface area contributed by atoms with Crippen molar-refractivity contribution in [3.63, 3.8) is 0 Å². The Bertz CT molecular complexity index is 1030. The molecule has 0 saturated heterocycles. The summed E-state index contributed by atoms with van der Waals surface area (Å²) in [7, 11) is 1.59. The minimum Gasteiger partial charge on any atom is -0.497 e. The molecule has 6 nitrogen and oxygen atoms in total. The van der Waals surface area contributed by atoms with Crippen LogP contribution in [0.25, 0.3) is 22.3 Å². The van der Waals surface area contributed by atoms with E-state index in [2.05, 4.69) is 15.3 Å². The highest BCUT2D eigenvalue weighted by molar-refractivity contribution is 7.14. The molecule has 1 amide bonds. The molecular weight excluding hydrogens is 362 g/mol. The largest absolute Gasteiger partial charge is 0.497 e. The molecular formula is C20H21N3O3S. The Morgan fingerprint density at radius 2 is 2.15 bits per heavy atom. The van der Waals surface area contributed by atoms with Crippen molar-refractivity contribution in [3.05, 3.63) is 39.9 Å². The van der Waals surface area contributed by atoms with Gasteiger partial charge in [-0.05, 0) is 30.9 Å². The summed E-state index contributed by atoms with van der Waals surface area (Å²) in [5.41, 5.74) is 1.86. The molecule has 0 unspecified atom stereocenters. The van der Waals surface area contributed by atoms with Gasteiger partial charge in [0, 0.05) is 29.3 Å². The van der Waals surface area contributed by atoms with Crippen molar-refractivity contribution in [1.82, 2.24) is 9.97 Å². The third-order valence-corrected chi connectivity index (χ3v) is 5.77. The molecule has 2 heterocycles. The van der Waals surface area contributed by atoms with Crippen molar-refractivity contribution >= 4 is 33.3 Å². The first-order chi connectivity index (χ1) is 13.1. The Kier molecular flexibility index (Phi) is 4.94. The van der Waals surface area contributed by atoms with E-state index < -0.39 is 0 Å². The molecule has 4 rings (SSSR count). The molecule has 27 heavy (non-hydrogen) atoms. The average Bonchev–Trinajstić information content (AvgIpc) is 3.33. The van der Waals surface area contributed by atoms with Gasteiger partial charge in [-0.25, -0.2) is 4.98 Å². The quantitative estimate of drug-likeness (QED) is 0.692. The van der Waals surface area contributed by atoms with E-state index in [4.69, 9.17) is 4.74 Å². The van der Waals surface area contributed by atoms with Gasteiger partial charge in [-0.1, -0.05) is 12.8 Å². The fraction of sp³-hybridized carbons (Fsp3) is 0.350. The zero-order valence-electron chi connectivity index (χ0n) is 15.1. The molecule has 140 valence electrons. The van der Waals surface area contributed by atoms with Gasteiger partial charge in [-0.2, -0.15) is 0 Å². The van der Waals surface area contributed by atoms with E-state index in [0.717, 1.165) is 12.8 Å². The Balaban J connectivity index is 1.55. The predicted octanol–water partition coefficient (Wildman–Crippen LogP) is 4.18. The van der Waals surface area contributed by atoms with Gasteiger partial charge in [0.25, 0.3) is 0 Å². The van der Waals surface area contributed by atoms with Crippen molar-refractivity contribution in [3.8, 4) is 17.1 Å². The minimum atomic E-state index is -0.0822. The monoisotopic (exact) mass is 383 g/mol. The number of ether oxygens (including phenoxy) is 1. The molecule has 2 aromatic heterocycles. The number of anilines is 1. The van der Waals surface area contributed by atoms with Gasteiger partial charge >= 0.3 is 0 Å². The second-order valence-electron chi connectivity index (χ2n) is 6.90. The number of thiazole rings is 1. The Morgan fingerprint density at radius 3 is 2.93 bits per heavy atom. The van der Waals surface area contributed by atoms with Crippen molar-refractivity contribution < 1.29 is 9.53 Å². The summed E-state index contributed by atoms with van der Waals surface area (Å²) in [4.78, 5) is 32.3. The van der Waals surface area contributed by atoms with Gasteiger partial charge in [0.15, 0.2) is 10.6 Å². The summed E-state index contributed by atoms with van der Waals surface area (Å²) >= 11 is 1.36. The van der Waals surface area contributed by atoms with Crippen LogP contribution < -0.4 is 15.5 Å². The standard InChI is InChI=1S/C20H21N3O3S/c1-26-13-6-7-14-15(9-13)21-16(10-18(14)24)17-11-27-20(22-17)23-19(25)8-12-4-2-3-5-12/h6-7,9-12H,2-5,8H2,1H3,(H,21,24)(H,22,23,25). The molecule has 1 saturated carbocycles. The highest BCUT2D eigenvalue weighted by atomic mass is 32.1. The fourth-order valence-electron chi connectivity index (χ4n) is 3.60. The Labute approximate surface area is 160 Å². The molecule has 1 aliphatic carbocycles. The lowest BCUT2D eigenvalue weighted by Gasteiger charge is -2.07. The van der Waals surface area contributed by atoms with E-state index in [1.165, 1.54) is 30.2 Å². The van der Waals surface area contributed by atoms with Gasteiger partial charge in [0.2, 0.25) is 5.91 Å². The molecule has 0 radical (unpaired) electrons. The fourth-order valence-corrected chi connectivity index (χ4v) is 4.33. The second-order valence-corrected chi connectivity index (χ2v) is 7.76. The van der Waals surface area contributed by atoms with E-state index in [-0.39, 0.29) is 11.3 Å². The molecule has 1 fully saturated rings. The van der Waals surface area contributed by atoms with Gasteiger partial charge in [0.1, 0.15) is 5.75 Å². The van der Waals surface area contributed by atoms with E-state index >= 15 is 0 Å². The molecule has 0 atom stereocenters. The van der Waals surface area contributed by atoms with Crippen molar-refractivity contribution in [2.45, 2.75) is 32.1 Å². The second kappa shape index (κ2) is 7.52. The number of pyridine rings is 1. The van der Waals surface area contributed by atoms with Crippen LogP contribution in [-0.2, 0) is 4.79 Å². The van der Waals surface area contributed by atoms with Gasteiger partial charge in [0.05, 0.1) is 24.0 Å². The van der Waals surface area contributed by atoms with E-state index in [1.807, 2.05) is 5.38 Å². The van der Waals surface area contributed by atoms with Crippen LogP contribution in [-0.4, -0.2) is 23.0 Å². The lowest BCUT2D eigenvalue weighted by Crippen LogP contribution is -2.14. The number of rotatable bonds is 5. The first-order valence-electron chi connectivity index (χ1n) is 9.09. The smallest absolute Gasteiger partial charge is 0.226 e. The highest BCUT2D eigenvalue weighted by Gasteiger charge is 2.19. The third kappa shape index (κ3) is 3.88. The number of hydrogen-bond acceptors (Lipinski definition) is 5. The van der Waals surface area contributed by atoms with Gasteiger partial charge in [-0.15, -0.1) is 11.3 Å². The SMILES string of the molecule is COc1ccc2c(=O)cc(-c3csc(NC(=O)CC4CCCC4)n3)[nH]c2c1. The number of hydrogen-bond donors (Lipinski definition) is 2. The molecule has 0 aliphatic heterocycles. The average molecular weight is 383 g/mol. The zero-order chi connectivity index (χ0) is 18.8. The molecule has 0 spiro atoms. The molecule has 1 aliphatic rings. The summed E-state index contributed by atoms with van der Waals surface area (Å²) in [6.45, 7) is 0. The summed E-state index contributed by atoms with van der Waals surface area (Å²) in [6, 6.07) is 6.83. The van der Waals surface area contributed by atoms with Crippen LogP contribution in [0.3, 0.4) is 0 Å². The molecule has 0 bridgehead atoms. The predicted molar refractivity (Wildman–Crippen MR) is 107 cm³/mol. The normalized spacial score (nSPS) is 14.6. The van der Waals surface area contributed by atoms with E-state index in [9.17, 15) is 9.59 Å². The van der Waals surface area contributed by atoms with Crippen LogP contribution in [0, 0.1) is 5.92 Å². The van der Waals surface area contributed by atoms with Crippen LogP contribution in [0.4, 0.5) is 5.13 Å². The number of aromatic nitrogens is 2.